The van der Waals surface area contributed by atoms with Crippen LogP contribution >= 0.6 is 0 Å². The van der Waals surface area contributed by atoms with Crippen molar-refractivity contribution in [3.05, 3.63) is 0 Å². The minimum Gasteiger partial charge on any atom is -0.375 e. The fourth-order valence-electron chi connectivity index (χ4n) is 5.82. The van der Waals surface area contributed by atoms with Crippen LogP contribution < -0.4 is 0 Å². The summed E-state index contributed by atoms with van der Waals surface area (Å²) in [6, 6.07) is 0. The molecule has 98 valence electrons. The van der Waals surface area contributed by atoms with Gasteiger partial charge in [-0.1, -0.05) is 27.2 Å². The predicted molar refractivity (Wildman–Crippen MR) is 70.9 cm³/mol. The Morgan fingerprint density at radius 1 is 0.882 bits per heavy atom. The summed E-state index contributed by atoms with van der Waals surface area (Å²) in [6.07, 6.45) is 8.27. The third-order valence-electron chi connectivity index (χ3n) is 6.58. The largest absolute Gasteiger partial charge is 0.375 e. The van der Waals surface area contributed by atoms with Gasteiger partial charge in [-0.15, -0.1) is 0 Å². The smallest absolute Gasteiger partial charge is 0.0688 e. The molecule has 0 aromatic heterocycles. The molecule has 4 atom stereocenters. The van der Waals surface area contributed by atoms with Crippen LogP contribution in [0.25, 0.3) is 0 Å². The van der Waals surface area contributed by atoms with E-state index in [9.17, 15) is 0 Å². The SMILES string of the molecule is CC1(C)CCC[C@]2(C)[C@@H]1CC[C@@]1(C)OCC[C@H]21. The Morgan fingerprint density at radius 2 is 1.65 bits per heavy atom. The quantitative estimate of drug-likeness (QED) is 0.605. The molecule has 2 aliphatic carbocycles. The Hall–Kier alpha value is -0.0400. The predicted octanol–water partition coefficient (Wildman–Crippen LogP) is 4.41. The van der Waals surface area contributed by atoms with Crippen molar-refractivity contribution >= 4 is 0 Å². The molecular formula is C16H28O. The van der Waals surface area contributed by atoms with Crippen LogP contribution in [-0.2, 0) is 4.74 Å². The van der Waals surface area contributed by atoms with Crippen LogP contribution in [0.2, 0.25) is 0 Å². The first kappa shape index (κ1) is 12.0. The van der Waals surface area contributed by atoms with E-state index < -0.39 is 0 Å². The zero-order valence-corrected chi connectivity index (χ0v) is 12.0. The van der Waals surface area contributed by atoms with Crippen LogP contribution in [0.4, 0.5) is 0 Å². The molecule has 0 amide bonds. The maximum Gasteiger partial charge on any atom is 0.0688 e. The second kappa shape index (κ2) is 3.50. The fraction of sp³-hybridized carbons (Fsp3) is 1.00. The lowest BCUT2D eigenvalue weighted by Gasteiger charge is -2.60. The summed E-state index contributed by atoms with van der Waals surface area (Å²) in [7, 11) is 0. The van der Waals surface area contributed by atoms with E-state index in [1.165, 1.54) is 38.5 Å². The van der Waals surface area contributed by atoms with Crippen molar-refractivity contribution in [1.29, 1.82) is 0 Å². The molecule has 1 aliphatic heterocycles. The highest BCUT2D eigenvalue weighted by molar-refractivity contribution is 5.09. The van der Waals surface area contributed by atoms with E-state index >= 15 is 0 Å². The molecule has 1 heteroatoms. The average Bonchev–Trinajstić information content (AvgIpc) is 2.60. The summed E-state index contributed by atoms with van der Waals surface area (Å²) in [5.41, 5.74) is 1.31. The van der Waals surface area contributed by atoms with E-state index in [1.807, 2.05) is 0 Å². The lowest BCUT2D eigenvalue weighted by molar-refractivity contribution is -0.147. The summed E-state index contributed by atoms with van der Waals surface area (Å²) in [5.74, 6) is 1.73. The third kappa shape index (κ3) is 1.54. The average molecular weight is 236 g/mol. The molecule has 2 saturated carbocycles. The molecule has 3 aliphatic rings. The van der Waals surface area contributed by atoms with Gasteiger partial charge in [0.15, 0.2) is 0 Å². The molecule has 0 spiro atoms. The van der Waals surface area contributed by atoms with Gasteiger partial charge in [0.2, 0.25) is 0 Å². The van der Waals surface area contributed by atoms with Gasteiger partial charge in [-0.05, 0) is 61.7 Å². The van der Waals surface area contributed by atoms with Crippen LogP contribution in [-0.4, -0.2) is 12.2 Å². The second-order valence-electron chi connectivity index (χ2n) is 7.94. The summed E-state index contributed by atoms with van der Waals surface area (Å²) in [4.78, 5) is 0. The molecule has 0 bridgehead atoms. The molecule has 0 unspecified atom stereocenters. The summed E-state index contributed by atoms with van der Waals surface area (Å²) in [5, 5.41) is 0. The van der Waals surface area contributed by atoms with Gasteiger partial charge in [0, 0.05) is 6.61 Å². The number of ether oxygens (including phenoxy) is 1. The van der Waals surface area contributed by atoms with Gasteiger partial charge < -0.3 is 4.74 Å². The molecule has 3 fully saturated rings. The van der Waals surface area contributed by atoms with E-state index in [0.29, 0.717) is 10.8 Å². The van der Waals surface area contributed by atoms with Crippen molar-refractivity contribution in [2.75, 3.05) is 6.61 Å². The maximum absolute atomic E-state index is 6.13. The molecule has 1 saturated heterocycles. The van der Waals surface area contributed by atoms with Crippen molar-refractivity contribution in [2.24, 2.45) is 22.7 Å². The monoisotopic (exact) mass is 236 g/mol. The molecule has 0 radical (unpaired) electrons. The Kier molecular flexibility index (Phi) is 2.47. The van der Waals surface area contributed by atoms with Crippen molar-refractivity contribution in [1.82, 2.24) is 0 Å². The standard InChI is InChI=1S/C16H28O/c1-14(2)8-5-9-15(3)12(14)6-10-16(4)13(15)7-11-17-16/h12-13H,5-11H2,1-4H3/t12-,13-,15-,16-/m1/s1. The molecule has 0 aromatic carbocycles. The van der Waals surface area contributed by atoms with E-state index in [4.69, 9.17) is 4.74 Å². The van der Waals surface area contributed by atoms with Crippen LogP contribution in [0.1, 0.15) is 66.2 Å². The summed E-state index contributed by atoms with van der Waals surface area (Å²) >= 11 is 0. The highest BCUT2D eigenvalue weighted by atomic mass is 16.5. The molecule has 0 aromatic rings. The lowest BCUT2D eigenvalue weighted by Crippen LogP contribution is -2.55. The number of hydrogen-bond donors (Lipinski definition) is 0. The Morgan fingerprint density at radius 3 is 2.41 bits per heavy atom. The first-order chi connectivity index (χ1) is 7.89. The Balaban J connectivity index is 1.98. The van der Waals surface area contributed by atoms with E-state index in [2.05, 4.69) is 27.7 Å². The van der Waals surface area contributed by atoms with Crippen molar-refractivity contribution in [3.63, 3.8) is 0 Å². The Bertz CT molecular complexity index is 317. The van der Waals surface area contributed by atoms with Crippen LogP contribution in [0.5, 0.6) is 0 Å². The van der Waals surface area contributed by atoms with E-state index in [-0.39, 0.29) is 5.60 Å². The van der Waals surface area contributed by atoms with Gasteiger partial charge in [-0.2, -0.15) is 0 Å². The fourth-order valence-corrected chi connectivity index (χ4v) is 5.82. The molecule has 3 rings (SSSR count). The minimum absolute atomic E-state index is 0.207. The van der Waals surface area contributed by atoms with Crippen molar-refractivity contribution in [2.45, 2.75) is 71.8 Å². The highest BCUT2D eigenvalue weighted by Crippen LogP contribution is 2.64. The van der Waals surface area contributed by atoms with Crippen LogP contribution in [0.15, 0.2) is 0 Å². The van der Waals surface area contributed by atoms with Gasteiger partial charge in [0.25, 0.3) is 0 Å². The first-order valence-corrected chi connectivity index (χ1v) is 7.52. The van der Waals surface area contributed by atoms with Gasteiger partial charge in [-0.25, -0.2) is 0 Å². The van der Waals surface area contributed by atoms with E-state index in [1.54, 1.807) is 0 Å². The molecule has 1 heterocycles. The molecule has 0 N–H and O–H groups in total. The van der Waals surface area contributed by atoms with Crippen LogP contribution in [0.3, 0.4) is 0 Å². The van der Waals surface area contributed by atoms with E-state index in [0.717, 1.165) is 18.4 Å². The van der Waals surface area contributed by atoms with Gasteiger partial charge in [-0.3, -0.25) is 0 Å². The zero-order chi connectivity index (χ0) is 12.3. The lowest BCUT2D eigenvalue weighted by atomic mass is 9.46. The van der Waals surface area contributed by atoms with Gasteiger partial charge in [0.05, 0.1) is 5.60 Å². The molecule has 1 nitrogen and oxygen atoms in total. The van der Waals surface area contributed by atoms with Gasteiger partial charge in [0.1, 0.15) is 0 Å². The second-order valence-corrected chi connectivity index (χ2v) is 7.94. The number of hydrogen-bond acceptors (Lipinski definition) is 1. The molecule has 17 heavy (non-hydrogen) atoms. The third-order valence-corrected chi connectivity index (χ3v) is 6.58. The van der Waals surface area contributed by atoms with Gasteiger partial charge >= 0.3 is 0 Å². The molecular weight excluding hydrogens is 208 g/mol. The topological polar surface area (TPSA) is 9.23 Å². The summed E-state index contributed by atoms with van der Waals surface area (Å²) in [6.45, 7) is 11.0. The minimum atomic E-state index is 0.207. The summed E-state index contributed by atoms with van der Waals surface area (Å²) < 4.78 is 6.13. The highest BCUT2D eigenvalue weighted by Gasteiger charge is 2.60. The normalized spacial score (nSPS) is 52.9. The number of rotatable bonds is 0. The van der Waals surface area contributed by atoms with Crippen molar-refractivity contribution < 1.29 is 4.74 Å². The zero-order valence-electron chi connectivity index (χ0n) is 12.0. The van der Waals surface area contributed by atoms with Crippen molar-refractivity contribution in [3.8, 4) is 0 Å². The Labute approximate surface area is 106 Å². The first-order valence-electron chi connectivity index (χ1n) is 7.52. The van der Waals surface area contributed by atoms with Crippen LogP contribution in [0, 0.1) is 22.7 Å². The number of fused-ring (bicyclic) bond motifs is 3. The maximum atomic E-state index is 6.13.